The zero-order valence-electron chi connectivity index (χ0n) is 4.62. The maximum Gasteiger partial charge on any atom is 1.00 e. The molecule has 1 amide bonds. The predicted molar refractivity (Wildman–Crippen MR) is 20.6 cm³/mol. The van der Waals surface area contributed by atoms with E-state index in [9.17, 15) is 4.79 Å². The molecule has 0 saturated carbocycles. The fourth-order valence-electron chi connectivity index (χ4n) is 0.0742. The number of methoxy groups -OCH3 is 1. The second-order valence-corrected chi connectivity index (χ2v) is 0.652. The third-order valence-corrected chi connectivity index (χ3v) is 0.297. The molecule has 0 radical (unpaired) electrons. The standard InChI is InChI=1S/C2H4N2O3.K/c1-7-2(5)3-4-6;/h1H3,(H,3,5,6);/q;+1/p-1. The molecule has 0 aromatic rings. The summed E-state index contributed by atoms with van der Waals surface area (Å²) < 4.78 is 3.89. The van der Waals surface area contributed by atoms with Crippen LogP contribution >= 0.6 is 0 Å². The van der Waals surface area contributed by atoms with Gasteiger partial charge in [-0.2, -0.15) is 0 Å². The normalized spacial score (nSPS) is 8.12. The first-order valence-corrected chi connectivity index (χ1v) is 1.42. The van der Waals surface area contributed by atoms with Gasteiger partial charge < -0.3 is 9.94 Å². The fraction of sp³-hybridized carbons (Fsp3) is 0.500. The van der Waals surface area contributed by atoms with Gasteiger partial charge in [0.05, 0.1) is 7.11 Å². The van der Waals surface area contributed by atoms with Gasteiger partial charge in [-0.3, -0.25) is 0 Å². The number of nitrogens with zero attached hydrogens (tertiary/aromatic N) is 2. The number of ether oxygens (including phenoxy) is 1. The van der Waals surface area contributed by atoms with E-state index in [2.05, 4.69) is 9.85 Å². The van der Waals surface area contributed by atoms with Gasteiger partial charge in [0.25, 0.3) is 0 Å². The second kappa shape index (κ2) is 7.51. The van der Waals surface area contributed by atoms with Gasteiger partial charge in [0, 0.05) is 0 Å². The van der Waals surface area contributed by atoms with Gasteiger partial charge in [-0.1, -0.05) is 5.11 Å². The van der Waals surface area contributed by atoms with E-state index in [1.807, 2.05) is 5.28 Å². The Kier molecular flexibility index (Phi) is 10.6. The largest absolute Gasteiger partial charge is 1.00 e. The van der Waals surface area contributed by atoms with E-state index in [4.69, 9.17) is 5.21 Å². The molecule has 0 aromatic carbocycles. The Balaban J connectivity index is 0. The van der Waals surface area contributed by atoms with Crippen molar-refractivity contribution in [1.82, 2.24) is 0 Å². The van der Waals surface area contributed by atoms with Crippen LogP contribution in [-0.4, -0.2) is 13.2 Å². The van der Waals surface area contributed by atoms with Crippen molar-refractivity contribution in [2.45, 2.75) is 0 Å². The summed E-state index contributed by atoms with van der Waals surface area (Å²) in [6, 6.07) is 0. The van der Waals surface area contributed by atoms with E-state index in [0.717, 1.165) is 7.11 Å². The summed E-state index contributed by atoms with van der Waals surface area (Å²) in [5, 5.41) is 13.4. The molecule has 0 aliphatic heterocycles. The third kappa shape index (κ3) is 6.51. The minimum absolute atomic E-state index is 0. The van der Waals surface area contributed by atoms with Gasteiger partial charge >= 0.3 is 57.5 Å². The van der Waals surface area contributed by atoms with Crippen LogP contribution in [0.1, 0.15) is 0 Å². The van der Waals surface area contributed by atoms with E-state index in [-0.39, 0.29) is 51.4 Å². The van der Waals surface area contributed by atoms with Crippen LogP contribution in [0.5, 0.6) is 0 Å². The summed E-state index contributed by atoms with van der Waals surface area (Å²) in [6.45, 7) is 0. The number of rotatable bonds is 0. The maximum absolute atomic E-state index is 9.73. The van der Waals surface area contributed by atoms with Crippen molar-refractivity contribution in [3.05, 3.63) is 5.21 Å². The van der Waals surface area contributed by atoms with E-state index < -0.39 is 6.09 Å². The molecule has 0 bridgehead atoms. The number of hydrogen-bond acceptors (Lipinski definition) is 4. The van der Waals surface area contributed by atoms with Gasteiger partial charge in [0.1, 0.15) is 0 Å². The van der Waals surface area contributed by atoms with Crippen molar-refractivity contribution in [3.63, 3.8) is 0 Å². The molecule has 0 saturated heterocycles. The SMILES string of the molecule is COC(=O)/N=N/[O-].[K+]. The van der Waals surface area contributed by atoms with Crippen molar-refractivity contribution < 1.29 is 60.9 Å². The monoisotopic (exact) mass is 142 g/mol. The summed E-state index contributed by atoms with van der Waals surface area (Å²) in [4.78, 5) is 9.73. The van der Waals surface area contributed by atoms with Crippen molar-refractivity contribution >= 4 is 6.09 Å². The summed E-state index contributed by atoms with van der Waals surface area (Å²) in [5.74, 6) is 0. The zero-order valence-corrected chi connectivity index (χ0v) is 7.74. The maximum atomic E-state index is 9.73. The molecule has 0 unspecified atom stereocenters. The van der Waals surface area contributed by atoms with Crippen LogP contribution in [0.25, 0.3) is 0 Å². The Morgan fingerprint density at radius 1 is 1.75 bits per heavy atom. The quantitative estimate of drug-likeness (QED) is 0.217. The first-order chi connectivity index (χ1) is 3.31. The average Bonchev–Trinajstić information content (AvgIpc) is 1.68. The molecule has 6 heteroatoms. The molecule has 0 N–H and O–H groups in total. The Morgan fingerprint density at radius 2 is 2.25 bits per heavy atom. The minimum Gasteiger partial charge on any atom is -0.775 e. The molecule has 0 heterocycles. The van der Waals surface area contributed by atoms with Gasteiger partial charge in [-0.25, -0.2) is 10.1 Å². The molecule has 0 spiro atoms. The van der Waals surface area contributed by atoms with Crippen molar-refractivity contribution in [2.75, 3.05) is 7.11 Å². The molecule has 0 aliphatic rings. The first kappa shape index (κ1) is 11.3. The van der Waals surface area contributed by atoms with E-state index >= 15 is 0 Å². The first-order valence-electron chi connectivity index (χ1n) is 1.42. The van der Waals surface area contributed by atoms with Crippen LogP contribution in [0.2, 0.25) is 0 Å². The van der Waals surface area contributed by atoms with Crippen LogP contribution in [-0.2, 0) is 4.74 Å². The molecule has 0 rings (SSSR count). The number of carbonyl (C=O) groups excluding carboxylic acids is 1. The molecular formula is C2H3KN2O3. The summed E-state index contributed by atoms with van der Waals surface area (Å²) >= 11 is 0. The molecule has 0 atom stereocenters. The average molecular weight is 142 g/mol. The molecule has 0 aliphatic carbocycles. The summed E-state index contributed by atoms with van der Waals surface area (Å²) in [5.41, 5.74) is 0. The summed E-state index contributed by atoms with van der Waals surface area (Å²) in [6.07, 6.45) is -0.977. The van der Waals surface area contributed by atoms with E-state index in [1.54, 1.807) is 0 Å². The Hall–Kier alpha value is 0.506. The van der Waals surface area contributed by atoms with Gasteiger partial charge in [0.15, 0.2) is 0 Å². The zero-order chi connectivity index (χ0) is 5.70. The topological polar surface area (TPSA) is 74.1 Å². The molecule has 0 fully saturated rings. The van der Waals surface area contributed by atoms with Crippen molar-refractivity contribution in [1.29, 1.82) is 0 Å². The minimum atomic E-state index is -0.977. The van der Waals surface area contributed by atoms with Crippen LogP contribution < -0.4 is 51.4 Å². The van der Waals surface area contributed by atoms with E-state index in [0.29, 0.717) is 0 Å². The van der Waals surface area contributed by atoms with Crippen LogP contribution in [0.15, 0.2) is 10.4 Å². The number of carbonyl (C=O) groups is 1. The molecule has 5 nitrogen and oxygen atoms in total. The van der Waals surface area contributed by atoms with E-state index in [1.165, 1.54) is 0 Å². The third-order valence-electron chi connectivity index (χ3n) is 0.297. The Labute approximate surface area is 88.5 Å². The van der Waals surface area contributed by atoms with Crippen molar-refractivity contribution in [2.24, 2.45) is 10.4 Å². The second-order valence-electron chi connectivity index (χ2n) is 0.652. The Morgan fingerprint density at radius 3 is 2.38 bits per heavy atom. The smallest absolute Gasteiger partial charge is 0.775 e. The Bertz CT molecular complexity index is 93.3. The fourth-order valence-corrected chi connectivity index (χ4v) is 0.0742. The van der Waals surface area contributed by atoms with Crippen LogP contribution in [0.3, 0.4) is 0 Å². The van der Waals surface area contributed by atoms with Gasteiger partial charge in [-0.15, -0.1) is 0 Å². The van der Waals surface area contributed by atoms with Crippen LogP contribution in [0.4, 0.5) is 4.79 Å². The van der Waals surface area contributed by atoms with Gasteiger partial charge in [0.2, 0.25) is 0 Å². The predicted octanol–water partition coefficient (Wildman–Crippen LogP) is -2.29. The molecule has 8 heavy (non-hydrogen) atoms. The van der Waals surface area contributed by atoms with Gasteiger partial charge in [-0.05, 0) is 0 Å². The molecule has 40 valence electrons. The molecule has 0 aromatic heterocycles. The number of hydrogen-bond donors (Lipinski definition) is 0. The number of amides is 1. The summed E-state index contributed by atoms with van der Waals surface area (Å²) in [7, 11) is 1.11. The van der Waals surface area contributed by atoms with Crippen LogP contribution in [0, 0.1) is 5.21 Å². The van der Waals surface area contributed by atoms with Crippen molar-refractivity contribution in [3.8, 4) is 0 Å². The molecular weight excluding hydrogens is 139 g/mol.